The van der Waals surface area contributed by atoms with Gasteiger partial charge in [0.25, 0.3) is 5.91 Å². The number of hydrogen-bond donors (Lipinski definition) is 2. The maximum atomic E-state index is 12.1. The summed E-state index contributed by atoms with van der Waals surface area (Å²) in [6.45, 7) is 3.88. The molecule has 112 valence electrons. The fraction of sp³-hybridized carbons (Fsp3) is 0.375. The number of nitrogens with zero attached hydrogens (tertiary/aromatic N) is 1. The average Bonchev–Trinajstić information content (AvgIpc) is 2.45. The molecule has 0 radical (unpaired) electrons. The number of carbonyl (C=O) groups excluding carboxylic acids is 1. The highest BCUT2D eigenvalue weighted by Crippen LogP contribution is 2.22. The van der Waals surface area contributed by atoms with E-state index in [1.165, 1.54) is 0 Å². The third kappa shape index (κ3) is 3.93. The van der Waals surface area contributed by atoms with Crippen molar-refractivity contribution in [2.45, 2.75) is 32.3 Å². The minimum Gasteiger partial charge on any atom is -0.388 e. The molecule has 0 spiro atoms. The topological polar surface area (TPSA) is 62.2 Å². The van der Waals surface area contributed by atoms with Gasteiger partial charge in [0, 0.05) is 11.9 Å². The molecule has 0 fully saturated rings. The van der Waals surface area contributed by atoms with Gasteiger partial charge in [-0.3, -0.25) is 4.79 Å². The van der Waals surface area contributed by atoms with Gasteiger partial charge in [-0.15, -0.1) is 0 Å². The molecule has 1 unspecified atom stereocenters. The summed E-state index contributed by atoms with van der Waals surface area (Å²) in [5, 5.41) is 14.8. The molecule has 4 nitrogen and oxygen atoms in total. The highest BCUT2D eigenvalue weighted by molar-refractivity contribution is 6.34. The Labute approximate surface area is 129 Å². The number of amides is 1. The van der Waals surface area contributed by atoms with Crippen LogP contribution < -0.4 is 5.32 Å². The molecule has 21 heavy (non-hydrogen) atoms. The van der Waals surface area contributed by atoms with Gasteiger partial charge < -0.3 is 10.4 Å². The minimum absolute atomic E-state index is 0.186. The first-order chi connectivity index (χ1) is 9.93. The van der Waals surface area contributed by atoms with Crippen LogP contribution in [0.25, 0.3) is 10.8 Å². The lowest BCUT2D eigenvalue weighted by molar-refractivity contribution is 0.0468. The molecular weight excluding hydrogens is 288 g/mol. The maximum Gasteiger partial charge on any atom is 0.270 e. The number of pyridine rings is 1. The second-order valence-corrected chi connectivity index (χ2v) is 5.81. The zero-order chi connectivity index (χ0) is 15.5. The fourth-order valence-corrected chi connectivity index (χ4v) is 2.52. The molecule has 1 aromatic heterocycles. The molecule has 0 saturated carbocycles. The number of carbonyl (C=O) groups is 1. The van der Waals surface area contributed by atoms with Crippen molar-refractivity contribution in [1.82, 2.24) is 10.3 Å². The lowest BCUT2D eigenvalue weighted by Crippen LogP contribution is -2.40. The van der Waals surface area contributed by atoms with Gasteiger partial charge in [-0.2, -0.15) is 0 Å². The van der Waals surface area contributed by atoms with E-state index in [0.717, 1.165) is 17.2 Å². The molecule has 1 atom stereocenters. The van der Waals surface area contributed by atoms with E-state index in [4.69, 9.17) is 11.6 Å². The first kappa shape index (κ1) is 15.7. The normalized spacial score (nSPS) is 13.9. The highest BCUT2D eigenvalue weighted by atomic mass is 35.5. The van der Waals surface area contributed by atoms with Crippen LogP contribution in [0.1, 0.15) is 37.2 Å². The number of nitrogens with one attached hydrogen (secondary N) is 1. The summed E-state index contributed by atoms with van der Waals surface area (Å²) in [6, 6.07) is 9.19. The van der Waals surface area contributed by atoms with Crippen LogP contribution in [0.5, 0.6) is 0 Å². The number of hydrogen-bond acceptors (Lipinski definition) is 3. The summed E-state index contributed by atoms with van der Waals surface area (Å²) in [5.74, 6) is -0.334. The maximum absolute atomic E-state index is 12.1. The van der Waals surface area contributed by atoms with E-state index >= 15 is 0 Å². The fourth-order valence-electron chi connectivity index (χ4n) is 2.26. The Hall–Kier alpha value is -1.65. The van der Waals surface area contributed by atoms with Gasteiger partial charge in [-0.05, 0) is 24.8 Å². The van der Waals surface area contributed by atoms with Crippen molar-refractivity contribution in [2.24, 2.45) is 0 Å². The van der Waals surface area contributed by atoms with Crippen molar-refractivity contribution in [1.29, 1.82) is 0 Å². The van der Waals surface area contributed by atoms with E-state index in [9.17, 15) is 9.90 Å². The van der Waals surface area contributed by atoms with E-state index in [2.05, 4.69) is 10.3 Å². The van der Waals surface area contributed by atoms with Gasteiger partial charge in [0.2, 0.25) is 0 Å². The number of aromatic nitrogens is 1. The van der Waals surface area contributed by atoms with Crippen molar-refractivity contribution in [3.05, 3.63) is 41.2 Å². The summed E-state index contributed by atoms with van der Waals surface area (Å²) in [4.78, 5) is 16.3. The van der Waals surface area contributed by atoms with Crippen molar-refractivity contribution in [3.63, 3.8) is 0 Å². The van der Waals surface area contributed by atoms with Crippen LogP contribution in [0, 0.1) is 0 Å². The second kappa shape index (κ2) is 6.41. The van der Waals surface area contributed by atoms with Crippen LogP contribution in [0.4, 0.5) is 0 Å². The van der Waals surface area contributed by atoms with Crippen molar-refractivity contribution in [3.8, 4) is 0 Å². The lowest BCUT2D eigenvalue weighted by atomic mass is 10.0. The van der Waals surface area contributed by atoms with Crippen LogP contribution in [-0.2, 0) is 0 Å². The van der Waals surface area contributed by atoms with Crippen LogP contribution >= 0.6 is 11.6 Å². The third-order valence-electron chi connectivity index (χ3n) is 3.34. The van der Waals surface area contributed by atoms with Crippen molar-refractivity contribution in [2.75, 3.05) is 6.54 Å². The third-order valence-corrected chi connectivity index (χ3v) is 3.63. The number of aliphatic hydroxyl groups is 1. The van der Waals surface area contributed by atoms with E-state index in [1.54, 1.807) is 13.0 Å². The van der Waals surface area contributed by atoms with Gasteiger partial charge in [0.1, 0.15) is 10.8 Å². The van der Waals surface area contributed by atoms with Crippen molar-refractivity contribution >= 4 is 28.3 Å². The van der Waals surface area contributed by atoms with Gasteiger partial charge in [0.05, 0.1) is 5.60 Å². The van der Waals surface area contributed by atoms with Crippen LogP contribution in [0.15, 0.2) is 30.3 Å². The first-order valence-electron chi connectivity index (χ1n) is 6.99. The van der Waals surface area contributed by atoms with E-state index in [-0.39, 0.29) is 18.1 Å². The molecule has 1 aromatic carbocycles. The van der Waals surface area contributed by atoms with Crippen LogP contribution in [0.3, 0.4) is 0 Å². The Bertz CT molecular complexity index is 656. The van der Waals surface area contributed by atoms with E-state index in [1.807, 2.05) is 31.2 Å². The lowest BCUT2D eigenvalue weighted by Gasteiger charge is -2.22. The van der Waals surface area contributed by atoms with Crippen molar-refractivity contribution < 1.29 is 9.90 Å². The zero-order valence-electron chi connectivity index (χ0n) is 12.2. The Balaban J connectivity index is 2.16. The molecule has 2 N–H and O–H groups in total. The molecule has 2 rings (SSSR count). The molecular formula is C16H19ClN2O2. The standard InChI is InChI=1S/C16H19ClN2O2/c1-3-8-16(2,21)10-18-15(20)13-9-11-6-4-5-7-12(11)14(17)19-13/h4-7,9,21H,3,8,10H2,1-2H3,(H,18,20). The quantitative estimate of drug-likeness (QED) is 0.834. The largest absolute Gasteiger partial charge is 0.388 e. The Morgan fingerprint density at radius 3 is 2.86 bits per heavy atom. The molecule has 0 aliphatic rings. The summed E-state index contributed by atoms with van der Waals surface area (Å²) in [7, 11) is 0. The predicted molar refractivity (Wildman–Crippen MR) is 84.6 cm³/mol. The summed E-state index contributed by atoms with van der Waals surface area (Å²) in [6.07, 6.45) is 1.47. The number of halogens is 1. The number of rotatable bonds is 5. The highest BCUT2D eigenvalue weighted by Gasteiger charge is 2.21. The number of benzene rings is 1. The molecule has 1 heterocycles. The predicted octanol–water partition coefficient (Wildman–Crippen LogP) is 3.17. The summed E-state index contributed by atoms with van der Waals surface area (Å²) in [5.41, 5.74) is -0.656. The van der Waals surface area contributed by atoms with Gasteiger partial charge in [-0.25, -0.2) is 4.98 Å². The van der Waals surface area contributed by atoms with Gasteiger partial charge in [-0.1, -0.05) is 49.2 Å². The summed E-state index contributed by atoms with van der Waals surface area (Å²) < 4.78 is 0. The second-order valence-electron chi connectivity index (χ2n) is 5.45. The minimum atomic E-state index is -0.912. The molecule has 0 bridgehead atoms. The molecule has 2 aromatic rings. The Morgan fingerprint density at radius 1 is 1.43 bits per heavy atom. The van der Waals surface area contributed by atoms with Gasteiger partial charge >= 0.3 is 0 Å². The first-order valence-corrected chi connectivity index (χ1v) is 7.36. The smallest absolute Gasteiger partial charge is 0.270 e. The Kier molecular flexibility index (Phi) is 4.80. The number of fused-ring (bicyclic) bond motifs is 1. The van der Waals surface area contributed by atoms with E-state index in [0.29, 0.717) is 11.6 Å². The zero-order valence-corrected chi connectivity index (χ0v) is 12.9. The monoisotopic (exact) mass is 306 g/mol. The van der Waals surface area contributed by atoms with Gasteiger partial charge in [0.15, 0.2) is 0 Å². The molecule has 0 aliphatic carbocycles. The van der Waals surface area contributed by atoms with E-state index < -0.39 is 5.60 Å². The molecule has 1 amide bonds. The molecule has 0 saturated heterocycles. The van der Waals surface area contributed by atoms with Crippen LogP contribution in [-0.4, -0.2) is 28.1 Å². The molecule has 0 aliphatic heterocycles. The Morgan fingerprint density at radius 2 is 2.14 bits per heavy atom. The van der Waals surface area contributed by atoms with Crippen LogP contribution in [0.2, 0.25) is 5.15 Å². The summed E-state index contributed by atoms with van der Waals surface area (Å²) >= 11 is 6.11. The average molecular weight is 307 g/mol. The molecule has 5 heteroatoms. The SMILES string of the molecule is CCCC(C)(O)CNC(=O)c1cc2ccccc2c(Cl)n1.